The summed E-state index contributed by atoms with van der Waals surface area (Å²) in [6, 6.07) is 14.4. The molecule has 0 aliphatic heterocycles. The number of carbonyl (C=O) groups excluding carboxylic acids is 1. The summed E-state index contributed by atoms with van der Waals surface area (Å²) in [6.45, 7) is 1.78. The molecule has 7 heteroatoms. The number of para-hydroxylation sites is 2. The average Bonchev–Trinajstić information content (AvgIpc) is 3.17. The molecule has 0 amide bonds. The second-order valence-electron chi connectivity index (χ2n) is 5.03. The first-order chi connectivity index (χ1) is 10.8. The lowest BCUT2D eigenvalue weighted by atomic mass is 10.2. The summed E-state index contributed by atoms with van der Waals surface area (Å²) >= 11 is 0. The molecule has 4 rings (SSSR count). The summed E-state index contributed by atoms with van der Waals surface area (Å²) in [5, 5.41) is 16.1. The standard InChI is InChI=1S/C15H12N6O/c1-10(20-13-8-4-2-6-11(13)16-18-20)15(22)21-14-9-5-3-7-12(14)17-19-21/h2-10H,1H3. The molecule has 22 heavy (non-hydrogen) atoms. The highest BCUT2D eigenvalue weighted by atomic mass is 16.2. The van der Waals surface area contributed by atoms with Crippen molar-refractivity contribution >= 4 is 28.0 Å². The van der Waals surface area contributed by atoms with Crippen molar-refractivity contribution in [3.05, 3.63) is 48.5 Å². The predicted molar refractivity (Wildman–Crippen MR) is 80.4 cm³/mol. The summed E-state index contributed by atoms with van der Waals surface area (Å²) in [4.78, 5) is 12.7. The highest BCUT2D eigenvalue weighted by Gasteiger charge is 2.22. The molecular weight excluding hydrogens is 280 g/mol. The van der Waals surface area contributed by atoms with E-state index in [0.29, 0.717) is 11.0 Å². The SMILES string of the molecule is CC(C(=O)n1nnc2ccccc21)n1nnc2ccccc21. The highest BCUT2D eigenvalue weighted by molar-refractivity contribution is 5.91. The van der Waals surface area contributed by atoms with Crippen LogP contribution in [0.4, 0.5) is 0 Å². The third-order valence-corrected chi connectivity index (χ3v) is 3.66. The lowest BCUT2D eigenvalue weighted by Crippen LogP contribution is -2.24. The molecule has 0 fully saturated rings. The van der Waals surface area contributed by atoms with E-state index in [4.69, 9.17) is 0 Å². The summed E-state index contributed by atoms with van der Waals surface area (Å²) in [5.74, 6) is -0.204. The Bertz CT molecular complexity index is 986. The maximum atomic E-state index is 12.7. The van der Waals surface area contributed by atoms with Gasteiger partial charge in [-0.25, -0.2) is 4.68 Å². The molecule has 2 heterocycles. The van der Waals surface area contributed by atoms with Gasteiger partial charge in [0.05, 0.1) is 11.0 Å². The normalized spacial score (nSPS) is 12.8. The van der Waals surface area contributed by atoms with Crippen LogP contribution in [0.1, 0.15) is 17.8 Å². The number of hydrogen-bond acceptors (Lipinski definition) is 5. The molecule has 0 aliphatic carbocycles. The predicted octanol–water partition coefficient (Wildman–Crippen LogP) is 2.08. The summed E-state index contributed by atoms with van der Waals surface area (Å²) in [5.41, 5.74) is 2.94. The van der Waals surface area contributed by atoms with Gasteiger partial charge in [-0.3, -0.25) is 4.79 Å². The van der Waals surface area contributed by atoms with Crippen LogP contribution in [0.3, 0.4) is 0 Å². The average molecular weight is 292 g/mol. The largest absolute Gasteiger partial charge is 0.273 e. The zero-order valence-electron chi connectivity index (χ0n) is 11.8. The second-order valence-corrected chi connectivity index (χ2v) is 5.03. The quantitative estimate of drug-likeness (QED) is 0.565. The van der Waals surface area contributed by atoms with E-state index in [1.165, 1.54) is 4.68 Å². The van der Waals surface area contributed by atoms with Crippen LogP contribution in [-0.4, -0.2) is 35.9 Å². The van der Waals surface area contributed by atoms with Gasteiger partial charge in [0.15, 0.2) is 0 Å². The fourth-order valence-corrected chi connectivity index (χ4v) is 2.49. The van der Waals surface area contributed by atoms with E-state index >= 15 is 0 Å². The fraction of sp³-hybridized carbons (Fsp3) is 0.133. The molecule has 4 aromatic rings. The molecule has 2 aromatic carbocycles. The molecule has 108 valence electrons. The van der Waals surface area contributed by atoms with Crippen molar-refractivity contribution in [1.29, 1.82) is 0 Å². The van der Waals surface area contributed by atoms with Crippen molar-refractivity contribution in [3.63, 3.8) is 0 Å². The van der Waals surface area contributed by atoms with E-state index < -0.39 is 6.04 Å². The molecule has 1 atom stereocenters. The second kappa shape index (κ2) is 4.73. The minimum atomic E-state index is -0.530. The highest BCUT2D eigenvalue weighted by Crippen LogP contribution is 2.18. The third-order valence-electron chi connectivity index (χ3n) is 3.66. The van der Waals surface area contributed by atoms with Crippen molar-refractivity contribution in [2.75, 3.05) is 0 Å². The number of carbonyl (C=O) groups is 1. The van der Waals surface area contributed by atoms with Crippen molar-refractivity contribution in [2.45, 2.75) is 13.0 Å². The Morgan fingerprint density at radius 3 is 2.27 bits per heavy atom. The van der Waals surface area contributed by atoms with Crippen LogP contribution in [0.2, 0.25) is 0 Å². The Balaban J connectivity index is 1.79. The molecule has 7 nitrogen and oxygen atoms in total. The van der Waals surface area contributed by atoms with E-state index in [0.717, 1.165) is 11.0 Å². The zero-order chi connectivity index (χ0) is 15.1. The molecule has 0 spiro atoms. The number of nitrogens with zero attached hydrogens (tertiary/aromatic N) is 6. The van der Waals surface area contributed by atoms with Gasteiger partial charge in [0.2, 0.25) is 0 Å². The van der Waals surface area contributed by atoms with Crippen LogP contribution in [0.25, 0.3) is 22.1 Å². The maximum absolute atomic E-state index is 12.7. The Labute approximate surface area is 125 Å². The van der Waals surface area contributed by atoms with Crippen molar-refractivity contribution < 1.29 is 4.79 Å². The van der Waals surface area contributed by atoms with Crippen LogP contribution in [-0.2, 0) is 0 Å². The van der Waals surface area contributed by atoms with Gasteiger partial charge >= 0.3 is 0 Å². The molecule has 0 saturated carbocycles. The molecule has 2 aromatic heterocycles. The minimum Gasteiger partial charge on any atom is -0.270 e. The van der Waals surface area contributed by atoms with Gasteiger partial charge in [-0.1, -0.05) is 34.7 Å². The Morgan fingerprint density at radius 2 is 1.50 bits per heavy atom. The fourth-order valence-electron chi connectivity index (χ4n) is 2.49. The summed E-state index contributed by atoms with van der Waals surface area (Å²) < 4.78 is 2.92. The van der Waals surface area contributed by atoms with Gasteiger partial charge in [-0.05, 0) is 31.2 Å². The van der Waals surface area contributed by atoms with Gasteiger partial charge in [-0.2, -0.15) is 4.68 Å². The van der Waals surface area contributed by atoms with Crippen LogP contribution < -0.4 is 0 Å². The van der Waals surface area contributed by atoms with Gasteiger partial charge in [0, 0.05) is 0 Å². The first kappa shape index (κ1) is 12.6. The lowest BCUT2D eigenvalue weighted by Gasteiger charge is -2.11. The molecular formula is C15H12N6O. The van der Waals surface area contributed by atoms with E-state index in [9.17, 15) is 4.79 Å². The molecule has 1 unspecified atom stereocenters. The number of rotatable bonds is 2. The Morgan fingerprint density at radius 1 is 0.909 bits per heavy atom. The maximum Gasteiger partial charge on any atom is 0.273 e. The topological polar surface area (TPSA) is 78.5 Å². The molecule has 0 saturated heterocycles. The van der Waals surface area contributed by atoms with Gasteiger partial charge in [0.1, 0.15) is 17.1 Å². The smallest absolute Gasteiger partial charge is 0.270 e. The van der Waals surface area contributed by atoms with Gasteiger partial charge < -0.3 is 0 Å². The monoisotopic (exact) mass is 292 g/mol. The number of fused-ring (bicyclic) bond motifs is 2. The minimum absolute atomic E-state index is 0.204. The van der Waals surface area contributed by atoms with E-state index in [2.05, 4.69) is 20.6 Å². The van der Waals surface area contributed by atoms with Crippen LogP contribution in [0.15, 0.2) is 48.5 Å². The number of benzene rings is 2. The Hall–Kier alpha value is -3.09. The lowest BCUT2D eigenvalue weighted by molar-refractivity contribution is 0.0831. The molecule has 0 aliphatic rings. The van der Waals surface area contributed by atoms with E-state index in [1.807, 2.05) is 48.5 Å². The first-order valence-corrected chi connectivity index (χ1v) is 6.90. The number of hydrogen-bond donors (Lipinski definition) is 0. The molecule has 0 bridgehead atoms. The summed E-state index contributed by atoms with van der Waals surface area (Å²) in [6.07, 6.45) is 0. The van der Waals surface area contributed by atoms with Crippen LogP contribution in [0, 0.1) is 0 Å². The van der Waals surface area contributed by atoms with Crippen LogP contribution >= 0.6 is 0 Å². The van der Waals surface area contributed by atoms with Crippen molar-refractivity contribution in [1.82, 2.24) is 30.0 Å². The zero-order valence-corrected chi connectivity index (χ0v) is 11.8. The molecule has 0 radical (unpaired) electrons. The van der Waals surface area contributed by atoms with E-state index in [1.54, 1.807) is 11.6 Å². The van der Waals surface area contributed by atoms with Crippen molar-refractivity contribution in [3.8, 4) is 0 Å². The van der Waals surface area contributed by atoms with Crippen LogP contribution in [0.5, 0.6) is 0 Å². The van der Waals surface area contributed by atoms with Crippen molar-refractivity contribution in [2.24, 2.45) is 0 Å². The number of aromatic nitrogens is 6. The summed E-state index contributed by atoms with van der Waals surface area (Å²) in [7, 11) is 0. The van der Waals surface area contributed by atoms with Gasteiger partial charge in [-0.15, -0.1) is 10.2 Å². The first-order valence-electron chi connectivity index (χ1n) is 6.90. The molecule has 0 N–H and O–H groups in total. The third kappa shape index (κ3) is 1.79. The van der Waals surface area contributed by atoms with Gasteiger partial charge in [0.25, 0.3) is 5.91 Å². The van der Waals surface area contributed by atoms with E-state index in [-0.39, 0.29) is 5.91 Å². The Kier molecular flexibility index (Phi) is 2.72.